The smallest absolute Gasteiger partial charge is 0.251 e. The van der Waals surface area contributed by atoms with E-state index in [0.29, 0.717) is 10.3 Å². The molecule has 1 aliphatic carbocycles. The highest BCUT2D eigenvalue weighted by Gasteiger charge is 2.39. The molecule has 102 valence electrons. The van der Waals surface area contributed by atoms with E-state index in [0.717, 1.165) is 12.0 Å². The van der Waals surface area contributed by atoms with Crippen molar-refractivity contribution in [3.05, 3.63) is 70.9 Å². The van der Waals surface area contributed by atoms with Crippen LogP contribution in [0.2, 0.25) is 0 Å². The number of hydrogen-bond acceptors (Lipinski definition) is 2. The Kier molecular flexibility index (Phi) is 3.10. The van der Waals surface area contributed by atoms with E-state index in [1.165, 1.54) is 36.7 Å². The van der Waals surface area contributed by atoms with Gasteiger partial charge in [-0.05, 0) is 24.1 Å². The summed E-state index contributed by atoms with van der Waals surface area (Å²) >= 11 is 0. The van der Waals surface area contributed by atoms with Crippen molar-refractivity contribution in [1.82, 2.24) is 5.32 Å². The van der Waals surface area contributed by atoms with E-state index in [1.807, 2.05) is 6.07 Å². The lowest BCUT2D eigenvalue weighted by molar-refractivity contribution is -0.605. The van der Waals surface area contributed by atoms with Crippen molar-refractivity contribution < 1.29 is 13.9 Å². The Labute approximate surface area is 115 Å². The summed E-state index contributed by atoms with van der Waals surface area (Å²) in [7, 11) is 0. The van der Waals surface area contributed by atoms with Crippen LogP contribution in [0.3, 0.4) is 0 Å². The number of nitrogens with one attached hydrogen (secondary N) is 1. The molecule has 0 saturated heterocycles. The van der Waals surface area contributed by atoms with Crippen LogP contribution in [0.5, 0.6) is 0 Å². The predicted molar refractivity (Wildman–Crippen MR) is 70.4 cm³/mol. The molecule has 1 saturated carbocycles. The van der Waals surface area contributed by atoms with Gasteiger partial charge in [-0.25, -0.2) is 4.39 Å². The van der Waals surface area contributed by atoms with Crippen molar-refractivity contribution in [2.24, 2.45) is 0 Å². The van der Waals surface area contributed by atoms with Gasteiger partial charge >= 0.3 is 0 Å². The highest BCUT2D eigenvalue weighted by molar-refractivity contribution is 5.94. The second kappa shape index (κ2) is 4.92. The topological polar surface area (TPSA) is 56.0 Å². The normalized spacial score (nSPS) is 20.4. The molecule has 0 unspecified atom stereocenters. The van der Waals surface area contributed by atoms with Crippen LogP contribution in [-0.2, 0) is 0 Å². The number of carbonyl (C=O) groups excluding carboxylic acids is 1. The Hall–Kier alpha value is -2.43. The fourth-order valence-electron chi connectivity index (χ4n) is 2.28. The van der Waals surface area contributed by atoms with Gasteiger partial charge in [0.2, 0.25) is 0 Å². The van der Waals surface area contributed by atoms with Crippen molar-refractivity contribution in [3.8, 4) is 0 Å². The Morgan fingerprint density at radius 2 is 2.05 bits per heavy atom. The van der Waals surface area contributed by atoms with Crippen LogP contribution in [0.4, 0.5) is 4.39 Å². The fourth-order valence-corrected chi connectivity index (χ4v) is 2.28. The molecule has 0 radical (unpaired) electrons. The van der Waals surface area contributed by atoms with E-state index in [9.17, 15) is 14.4 Å². The van der Waals surface area contributed by atoms with Crippen LogP contribution in [0, 0.1) is 11.0 Å². The van der Waals surface area contributed by atoms with E-state index in [4.69, 9.17) is 0 Å². The minimum Gasteiger partial charge on any atom is -0.619 e. The first kappa shape index (κ1) is 12.6. The first-order valence-electron chi connectivity index (χ1n) is 6.38. The third-order valence-electron chi connectivity index (χ3n) is 3.45. The molecule has 4 nitrogen and oxygen atoms in total. The SMILES string of the molecule is O=C(N[C@H]1C[C@H]1c1cccc(F)c1)c1cc[n+]([O-])cc1. The maximum atomic E-state index is 13.1. The van der Waals surface area contributed by atoms with Crippen molar-refractivity contribution >= 4 is 5.91 Å². The molecule has 1 aliphatic rings. The zero-order chi connectivity index (χ0) is 14.1. The van der Waals surface area contributed by atoms with E-state index in [1.54, 1.807) is 6.07 Å². The van der Waals surface area contributed by atoms with E-state index >= 15 is 0 Å². The number of halogens is 1. The first-order chi connectivity index (χ1) is 9.63. The lowest BCUT2D eigenvalue weighted by atomic mass is 10.1. The Morgan fingerprint density at radius 1 is 1.30 bits per heavy atom. The maximum Gasteiger partial charge on any atom is 0.251 e. The van der Waals surface area contributed by atoms with Gasteiger partial charge in [0.05, 0.1) is 5.56 Å². The lowest BCUT2D eigenvalue weighted by Crippen LogP contribution is -2.29. The van der Waals surface area contributed by atoms with Gasteiger partial charge in [-0.1, -0.05) is 12.1 Å². The molecular weight excluding hydrogens is 259 g/mol. The molecule has 5 heteroatoms. The van der Waals surface area contributed by atoms with Gasteiger partial charge in [-0.15, -0.1) is 0 Å². The number of amides is 1. The lowest BCUT2D eigenvalue weighted by Gasteiger charge is -2.05. The van der Waals surface area contributed by atoms with Crippen LogP contribution < -0.4 is 10.0 Å². The highest BCUT2D eigenvalue weighted by Crippen LogP contribution is 2.40. The molecule has 1 aromatic heterocycles. The number of rotatable bonds is 3. The molecule has 1 aromatic carbocycles. The van der Waals surface area contributed by atoms with Crippen LogP contribution in [0.15, 0.2) is 48.8 Å². The number of benzene rings is 1. The molecule has 0 aliphatic heterocycles. The summed E-state index contributed by atoms with van der Waals surface area (Å²) in [5, 5.41) is 13.8. The number of pyridine rings is 1. The first-order valence-corrected chi connectivity index (χ1v) is 6.38. The van der Waals surface area contributed by atoms with Gasteiger partial charge in [0.15, 0.2) is 12.4 Å². The number of nitrogens with zero attached hydrogens (tertiary/aromatic N) is 1. The molecule has 1 heterocycles. The minimum absolute atomic E-state index is 0.0314. The fraction of sp³-hybridized carbons (Fsp3) is 0.200. The molecule has 3 rings (SSSR count). The molecule has 20 heavy (non-hydrogen) atoms. The van der Waals surface area contributed by atoms with E-state index < -0.39 is 0 Å². The Bertz CT molecular complexity index is 643. The largest absolute Gasteiger partial charge is 0.619 e. The second-order valence-corrected chi connectivity index (χ2v) is 4.92. The monoisotopic (exact) mass is 272 g/mol. The number of aromatic nitrogens is 1. The molecule has 1 amide bonds. The Balaban J connectivity index is 1.63. The quantitative estimate of drug-likeness (QED) is 0.683. The molecular formula is C15H13FN2O2. The van der Waals surface area contributed by atoms with Crippen molar-refractivity contribution in [3.63, 3.8) is 0 Å². The molecule has 0 spiro atoms. The average Bonchev–Trinajstić information content (AvgIpc) is 3.18. The van der Waals surface area contributed by atoms with Crippen molar-refractivity contribution in [2.75, 3.05) is 0 Å². The number of carbonyl (C=O) groups is 1. The molecule has 2 atom stereocenters. The van der Waals surface area contributed by atoms with Gasteiger partial charge in [0, 0.05) is 24.1 Å². The summed E-state index contributed by atoms with van der Waals surface area (Å²) in [6.07, 6.45) is 3.38. The highest BCUT2D eigenvalue weighted by atomic mass is 19.1. The number of hydrogen-bond donors (Lipinski definition) is 1. The third-order valence-corrected chi connectivity index (χ3v) is 3.45. The molecule has 1 fully saturated rings. The zero-order valence-electron chi connectivity index (χ0n) is 10.6. The Morgan fingerprint density at radius 3 is 2.75 bits per heavy atom. The van der Waals surface area contributed by atoms with E-state index in [2.05, 4.69) is 5.32 Å². The van der Waals surface area contributed by atoms with Crippen LogP contribution in [-0.4, -0.2) is 11.9 Å². The molecule has 0 bridgehead atoms. The summed E-state index contributed by atoms with van der Waals surface area (Å²) in [6.45, 7) is 0. The summed E-state index contributed by atoms with van der Waals surface area (Å²) in [4.78, 5) is 12.0. The van der Waals surface area contributed by atoms with Gasteiger partial charge in [0.1, 0.15) is 5.82 Å². The van der Waals surface area contributed by atoms with Gasteiger partial charge in [0.25, 0.3) is 5.91 Å². The van der Waals surface area contributed by atoms with E-state index in [-0.39, 0.29) is 23.7 Å². The maximum absolute atomic E-state index is 13.1. The van der Waals surface area contributed by atoms with Gasteiger partial charge in [-0.2, -0.15) is 4.73 Å². The predicted octanol–water partition coefficient (Wildman–Crippen LogP) is 1.75. The standard InChI is InChI=1S/C15H13FN2O2/c16-12-3-1-2-11(8-12)13-9-14(13)17-15(19)10-4-6-18(20)7-5-10/h1-8,13-14H,9H2,(H,17,19)/t13-,14-/m0/s1. The summed E-state index contributed by atoms with van der Waals surface area (Å²) in [5.41, 5.74) is 1.35. The van der Waals surface area contributed by atoms with Crippen molar-refractivity contribution in [2.45, 2.75) is 18.4 Å². The minimum atomic E-state index is -0.262. The van der Waals surface area contributed by atoms with Crippen molar-refractivity contribution in [1.29, 1.82) is 0 Å². The van der Waals surface area contributed by atoms with Crippen LogP contribution in [0.25, 0.3) is 0 Å². The third kappa shape index (κ3) is 2.61. The average molecular weight is 272 g/mol. The summed E-state index contributed by atoms with van der Waals surface area (Å²) in [6, 6.07) is 9.42. The summed E-state index contributed by atoms with van der Waals surface area (Å²) in [5.74, 6) is -0.306. The van der Waals surface area contributed by atoms with Crippen LogP contribution in [0.1, 0.15) is 28.3 Å². The van der Waals surface area contributed by atoms with Gasteiger partial charge in [-0.3, -0.25) is 4.79 Å². The zero-order valence-corrected chi connectivity index (χ0v) is 10.6. The second-order valence-electron chi connectivity index (χ2n) is 4.92. The summed E-state index contributed by atoms with van der Waals surface area (Å²) < 4.78 is 13.8. The van der Waals surface area contributed by atoms with Gasteiger partial charge < -0.3 is 10.5 Å². The van der Waals surface area contributed by atoms with Crippen LogP contribution >= 0.6 is 0 Å². The molecule has 1 N–H and O–H groups in total. The molecule has 2 aromatic rings.